The van der Waals surface area contributed by atoms with Crippen LogP contribution in [0.1, 0.15) is 38.4 Å². The summed E-state index contributed by atoms with van der Waals surface area (Å²) in [6.07, 6.45) is 1.88. The molecule has 16 heavy (non-hydrogen) atoms. The SMILES string of the molecule is CCC(CC)N(C)CC(O)c1ccccc1. The molecule has 2 heteroatoms. The van der Waals surface area contributed by atoms with Crippen molar-refractivity contribution in [2.24, 2.45) is 0 Å². The van der Waals surface area contributed by atoms with E-state index in [0.717, 1.165) is 18.4 Å². The van der Waals surface area contributed by atoms with E-state index in [1.54, 1.807) is 0 Å². The number of hydrogen-bond donors (Lipinski definition) is 1. The highest BCUT2D eigenvalue weighted by Gasteiger charge is 2.15. The van der Waals surface area contributed by atoms with E-state index in [0.29, 0.717) is 12.6 Å². The lowest BCUT2D eigenvalue weighted by Crippen LogP contribution is -2.34. The summed E-state index contributed by atoms with van der Waals surface area (Å²) in [6, 6.07) is 10.4. The van der Waals surface area contributed by atoms with Gasteiger partial charge in [0.15, 0.2) is 0 Å². The number of nitrogens with zero attached hydrogens (tertiary/aromatic N) is 1. The lowest BCUT2D eigenvalue weighted by molar-refractivity contribution is 0.101. The van der Waals surface area contributed by atoms with Crippen LogP contribution in [0.3, 0.4) is 0 Å². The molecule has 2 nitrogen and oxygen atoms in total. The van der Waals surface area contributed by atoms with Crippen LogP contribution < -0.4 is 0 Å². The van der Waals surface area contributed by atoms with Crippen molar-refractivity contribution in [1.82, 2.24) is 4.90 Å². The van der Waals surface area contributed by atoms with E-state index in [-0.39, 0.29) is 6.10 Å². The molecule has 0 aromatic heterocycles. The predicted octanol–water partition coefficient (Wildman–Crippen LogP) is 2.84. The Morgan fingerprint density at radius 1 is 1.12 bits per heavy atom. The van der Waals surface area contributed by atoms with Crippen LogP contribution in [0.5, 0.6) is 0 Å². The van der Waals surface area contributed by atoms with Crippen molar-refractivity contribution in [2.45, 2.75) is 38.8 Å². The van der Waals surface area contributed by atoms with Gasteiger partial charge in [-0.1, -0.05) is 44.2 Å². The Balaban J connectivity index is 2.54. The quantitative estimate of drug-likeness (QED) is 0.798. The molecule has 0 aliphatic rings. The molecule has 1 atom stereocenters. The Morgan fingerprint density at radius 3 is 2.19 bits per heavy atom. The number of likely N-dealkylation sites (N-methyl/N-ethyl adjacent to an activating group) is 1. The molecule has 0 spiro atoms. The van der Waals surface area contributed by atoms with Crippen molar-refractivity contribution in [3.63, 3.8) is 0 Å². The van der Waals surface area contributed by atoms with Gasteiger partial charge in [-0.05, 0) is 25.5 Å². The summed E-state index contributed by atoms with van der Waals surface area (Å²) in [5.41, 5.74) is 1.00. The Bertz CT molecular complexity index is 282. The van der Waals surface area contributed by atoms with Gasteiger partial charge in [-0.3, -0.25) is 0 Å². The first-order chi connectivity index (χ1) is 7.69. The second kappa shape index (κ2) is 6.66. The monoisotopic (exact) mass is 221 g/mol. The average molecular weight is 221 g/mol. The van der Waals surface area contributed by atoms with Crippen LogP contribution in [-0.4, -0.2) is 29.6 Å². The zero-order valence-electron chi connectivity index (χ0n) is 10.6. The van der Waals surface area contributed by atoms with E-state index in [1.165, 1.54) is 0 Å². The molecule has 1 rings (SSSR count). The van der Waals surface area contributed by atoms with Gasteiger partial charge in [0.1, 0.15) is 0 Å². The van der Waals surface area contributed by atoms with E-state index in [1.807, 2.05) is 30.3 Å². The minimum atomic E-state index is -0.383. The minimum absolute atomic E-state index is 0.383. The van der Waals surface area contributed by atoms with Crippen LogP contribution in [0, 0.1) is 0 Å². The highest BCUT2D eigenvalue weighted by molar-refractivity contribution is 5.17. The molecular weight excluding hydrogens is 198 g/mol. The third-order valence-corrected chi connectivity index (χ3v) is 3.21. The second-order valence-corrected chi connectivity index (χ2v) is 4.34. The highest BCUT2D eigenvalue weighted by Crippen LogP contribution is 2.16. The molecule has 0 radical (unpaired) electrons. The molecular formula is C14H23NO. The Hall–Kier alpha value is -0.860. The molecule has 0 saturated heterocycles. The van der Waals surface area contributed by atoms with Crippen LogP contribution in [0.15, 0.2) is 30.3 Å². The summed E-state index contributed by atoms with van der Waals surface area (Å²) in [4.78, 5) is 2.25. The van der Waals surface area contributed by atoms with Crippen molar-refractivity contribution in [2.75, 3.05) is 13.6 Å². The normalized spacial score (nSPS) is 13.4. The molecule has 0 fully saturated rings. The molecule has 0 heterocycles. The van der Waals surface area contributed by atoms with Crippen LogP contribution in [0.25, 0.3) is 0 Å². The molecule has 0 bridgehead atoms. The molecule has 1 unspecified atom stereocenters. The van der Waals surface area contributed by atoms with Crippen LogP contribution in [0.2, 0.25) is 0 Å². The van der Waals surface area contributed by atoms with Crippen LogP contribution >= 0.6 is 0 Å². The molecule has 0 amide bonds. The highest BCUT2D eigenvalue weighted by atomic mass is 16.3. The summed E-state index contributed by atoms with van der Waals surface area (Å²) in [5, 5.41) is 10.1. The number of aliphatic hydroxyl groups excluding tert-OH is 1. The van der Waals surface area contributed by atoms with Gasteiger partial charge in [-0.15, -0.1) is 0 Å². The fourth-order valence-corrected chi connectivity index (χ4v) is 2.11. The molecule has 1 aromatic rings. The van der Waals surface area contributed by atoms with E-state index in [4.69, 9.17) is 0 Å². The molecule has 1 N–H and O–H groups in total. The maximum atomic E-state index is 10.1. The Kier molecular flexibility index (Phi) is 5.50. The van der Waals surface area contributed by atoms with Gasteiger partial charge in [-0.25, -0.2) is 0 Å². The third kappa shape index (κ3) is 3.62. The number of hydrogen-bond acceptors (Lipinski definition) is 2. The van der Waals surface area contributed by atoms with E-state index in [2.05, 4.69) is 25.8 Å². The van der Waals surface area contributed by atoms with Crippen molar-refractivity contribution in [3.05, 3.63) is 35.9 Å². The standard InChI is InChI=1S/C14H23NO/c1-4-13(5-2)15(3)11-14(16)12-9-7-6-8-10-12/h6-10,13-14,16H,4-5,11H2,1-3H3. The molecule has 90 valence electrons. The topological polar surface area (TPSA) is 23.5 Å². The summed E-state index contributed by atoms with van der Waals surface area (Å²) >= 11 is 0. The predicted molar refractivity (Wildman–Crippen MR) is 68.4 cm³/mol. The van der Waals surface area contributed by atoms with E-state index in [9.17, 15) is 5.11 Å². The van der Waals surface area contributed by atoms with E-state index < -0.39 is 0 Å². The van der Waals surface area contributed by atoms with Crippen molar-refractivity contribution in [3.8, 4) is 0 Å². The van der Waals surface area contributed by atoms with Crippen molar-refractivity contribution >= 4 is 0 Å². The van der Waals surface area contributed by atoms with Crippen molar-refractivity contribution in [1.29, 1.82) is 0 Å². The first-order valence-corrected chi connectivity index (χ1v) is 6.12. The molecule has 0 aliphatic carbocycles. The molecule has 0 aliphatic heterocycles. The fourth-order valence-electron chi connectivity index (χ4n) is 2.11. The van der Waals surface area contributed by atoms with Gasteiger partial charge in [0, 0.05) is 12.6 Å². The summed E-state index contributed by atoms with van der Waals surface area (Å²) < 4.78 is 0. The van der Waals surface area contributed by atoms with Gasteiger partial charge < -0.3 is 10.0 Å². The molecule has 0 saturated carbocycles. The Labute approximate surface area is 98.9 Å². The fraction of sp³-hybridized carbons (Fsp3) is 0.571. The zero-order valence-corrected chi connectivity index (χ0v) is 10.6. The smallest absolute Gasteiger partial charge is 0.0916 e. The van der Waals surface area contributed by atoms with Gasteiger partial charge in [0.25, 0.3) is 0 Å². The third-order valence-electron chi connectivity index (χ3n) is 3.21. The molecule has 1 aromatic carbocycles. The van der Waals surface area contributed by atoms with Gasteiger partial charge >= 0.3 is 0 Å². The van der Waals surface area contributed by atoms with Gasteiger partial charge in [0.2, 0.25) is 0 Å². The number of aliphatic hydroxyl groups is 1. The number of benzene rings is 1. The maximum Gasteiger partial charge on any atom is 0.0916 e. The summed E-state index contributed by atoms with van der Waals surface area (Å²) in [6.45, 7) is 5.09. The lowest BCUT2D eigenvalue weighted by Gasteiger charge is -2.28. The first kappa shape index (κ1) is 13.2. The first-order valence-electron chi connectivity index (χ1n) is 6.12. The zero-order chi connectivity index (χ0) is 12.0. The summed E-state index contributed by atoms with van der Waals surface area (Å²) in [5.74, 6) is 0. The Morgan fingerprint density at radius 2 is 1.69 bits per heavy atom. The summed E-state index contributed by atoms with van der Waals surface area (Å²) in [7, 11) is 2.09. The van der Waals surface area contributed by atoms with Gasteiger partial charge in [0.05, 0.1) is 6.10 Å². The van der Waals surface area contributed by atoms with Crippen LogP contribution in [-0.2, 0) is 0 Å². The average Bonchev–Trinajstić information content (AvgIpc) is 2.31. The van der Waals surface area contributed by atoms with E-state index >= 15 is 0 Å². The van der Waals surface area contributed by atoms with Crippen LogP contribution in [0.4, 0.5) is 0 Å². The largest absolute Gasteiger partial charge is 0.387 e. The van der Waals surface area contributed by atoms with Gasteiger partial charge in [-0.2, -0.15) is 0 Å². The number of rotatable bonds is 6. The maximum absolute atomic E-state index is 10.1. The second-order valence-electron chi connectivity index (χ2n) is 4.34. The lowest BCUT2D eigenvalue weighted by atomic mass is 10.1. The minimum Gasteiger partial charge on any atom is -0.387 e. The van der Waals surface area contributed by atoms with Crippen molar-refractivity contribution < 1.29 is 5.11 Å².